The van der Waals surface area contributed by atoms with Crippen LogP contribution in [0.15, 0.2) is 94.6 Å². The molecule has 0 spiro atoms. The first-order valence-corrected chi connectivity index (χ1v) is 18.9. The Kier molecular flexibility index (Phi) is 11.8. The van der Waals surface area contributed by atoms with Crippen molar-refractivity contribution in [3.8, 4) is 22.6 Å². The molecule has 0 bridgehead atoms. The van der Waals surface area contributed by atoms with Crippen molar-refractivity contribution in [2.75, 3.05) is 33.9 Å². The van der Waals surface area contributed by atoms with Crippen LogP contribution in [0, 0.1) is 11.7 Å². The van der Waals surface area contributed by atoms with E-state index in [1.807, 2.05) is 56.6 Å². The third-order valence-electron chi connectivity index (χ3n) is 10.4. The summed E-state index contributed by atoms with van der Waals surface area (Å²) in [6.07, 6.45) is 6.53. The van der Waals surface area contributed by atoms with E-state index in [4.69, 9.17) is 14.2 Å². The second-order valence-electron chi connectivity index (χ2n) is 14.6. The van der Waals surface area contributed by atoms with Gasteiger partial charge in [-0.25, -0.2) is 18.7 Å². The number of hydrogen-bond donors (Lipinski definition) is 0. The lowest BCUT2D eigenvalue weighted by Crippen LogP contribution is -2.43. The lowest BCUT2D eigenvalue weighted by Gasteiger charge is -2.29. The highest BCUT2D eigenvalue weighted by molar-refractivity contribution is 5.98. The van der Waals surface area contributed by atoms with E-state index < -0.39 is 23.1 Å². The van der Waals surface area contributed by atoms with Crippen molar-refractivity contribution in [2.45, 2.75) is 70.2 Å². The zero-order valence-corrected chi connectivity index (χ0v) is 30.9. The lowest BCUT2D eigenvalue weighted by molar-refractivity contribution is -0.165. The molecular weight excluding hydrogens is 687 g/mol. The van der Waals surface area contributed by atoms with E-state index in [1.54, 1.807) is 18.2 Å². The molecule has 11 heteroatoms. The number of carbonyl (C=O) groups excluding carboxylic acids is 1. The number of rotatable bonds is 13. The van der Waals surface area contributed by atoms with Gasteiger partial charge in [0.2, 0.25) is 0 Å². The van der Waals surface area contributed by atoms with Crippen molar-refractivity contribution in [1.82, 2.24) is 19.0 Å². The Hall–Kier alpha value is -4.97. The average Bonchev–Trinajstić information content (AvgIpc) is 3.18. The maximum absolute atomic E-state index is 14.6. The molecule has 5 aromatic rings. The molecule has 2 aromatic heterocycles. The minimum absolute atomic E-state index is 0.00965. The molecule has 54 heavy (non-hydrogen) atoms. The number of benzene rings is 3. The molecule has 1 atom stereocenters. The van der Waals surface area contributed by atoms with Gasteiger partial charge in [0.1, 0.15) is 18.2 Å². The maximum atomic E-state index is 14.6. The summed E-state index contributed by atoms with van der Waals surface area (Å²) in [6, 6.07) is 23.8. The number of hydrogen-bond acceptors (Lipinski definition) is 8. The van der Waals surface area contributed by atoms with Crippen LogP contribution >= 0.6 is 0 Å². The van der Waals surface area contributed by atoms with Crippen molar-refractivity contribution < 1.29 is 23.4 Å². The molecule has 7 rings (SSSR count). The van der Waals surface area contributed by atoms with E-state index in [2.05, 4.69) is 22.0 Å². The summed E-state index contributed by atoms with van der Waals surface area (Å²) in [4.78, 5) is 48.2. The fourth-order valence-corrected chi connectivity index (χ4v) is 7.71. The van der Waals surface area contributed by atoms with Crippen molar-refractivity contribution in [3.63, 3.8) is 0 Å². The normalized spacial score (nSPS) is 18.9. The van der Waals surface area contributed by atoms with Crippen LogP contribution in [0.5, 0.6) is 5.75 Å². The highest BCUT2D eigenvalue weighted by Gasteiger charge is 2.29. The van der Waals surface area contributed by atoms with E-state index in [0.717, 1.165) is 49.2 Å². The largest absolute Gasteiger partial charge is 0.490 e. The second kappa shape index (κ2) is 17.0. The molecule has 2 aliphatic rings. The molecule has 1 unspecified atom stereocenters. The summed E-state index contributed by atoms with van der Waals surface area (Å²) in [7, 11) is 4.05. The molecule has 2 fully saturated rings. The summed E-state index contributed by atoms with van der Waals surface area (Å²) in [5.41, 5.74) is 3.14. The molecule has 1 saturated carbocycles. The Bertz CT molecular complexity index is 2200. The van der Waals surface area contributed by atoms with Gasteiger partial charge in [-0.1, -0.05) is 48.5 Å². The van der Waals surface area contributed by atoms with E-state index >= 15 is 0 Å². The number of aromatic nitrogens is 3. The highest BCUT2D eigenvalue weighted by atomic mass is 19.1. The van der Waals surface area contributed by atoms with Gasteiger partial charge in [-0.3, -0.25) is 14.2 Å². The molecule has 282 valence electrons. The zero-order valence-electron chi connectivity index (χ0n) is 30.9. The molecule has 3 aromatic carbocycles. The highest BCUT2D eigenvalue weighted by Crippen LogP contribution is 2.35. The second-order valence-corrected chi connectivity index (χ2v) is 14.6. The predicted molar refractivity (Wildman–Crippen MR) is 206 cm³/mol. The van der Waals surface area contributed by atoms with Crippen LogP contribution < -0.4 is 16.0 Å². The van der Waals surface area contributed by atoms with Crippen LogP contribution in [0.2, 0.25) is 0 Å². The summed E-state index contributed by atoms with van der Waals surface area (Å²) in [5.74, 6) is -0.0597. The van der Waals surface area contributed by atoms with Crippen LogP contribution in [0.3, 0.4) is 0 Å². The van der Waals surface area contributed by atoms with Crippen LogP contribution in [-0.2, 0) is 16.0 Å². The molecule has 0 amide bonds. The van der Waals surface area contributed by atoms with Gasteiger partial charge in [-0.15, -0.1) is 0 Å². The molecule has 1 aliphatic heterocycles. The topological polar surface area (TPSA) is 105 Å². The Labute approximate surface area is 314 Å². The van der Waals surface area contributed by atoms with Crippen LogP contribution in [0.1, 0.15) is 73.3 Å². The van der Waals surface area contributed by atoms with Gasteiger partial charge in [-0.05, 0) is 112 Å². The van der Waals surface area contributed by atoms with Gasteiger partial charge in [0.05, 0.1) is 29.4 Å². The first-order chi connectivity index (χ1) is 26.2. The number of Topliss-reactive ketones (excluding diaryl/α,β-unsaturated/α-hetero) is 1. The van der Waals surface area contributed by atoms with Gasteiger partial charge in [-0.2, -0.15) is 0 Å². The van der Waals surface area contributed by atoms with Gasteiger partial charge in [0.25, 0.3) is 5.56 Å². The number of pyridine rings is 1. The van der Waals surface area contributed by atoms with Gasteiger partial charge in [0, 0.05) is 25.6 Å². The number of ether oxygens (including phenoxy) is 3. The Morgan fingerprint density at radius 1 is 0.907 bits per heavy atom. The first-order valence-electron chi connectivity index (χ1n) is 18.9. The third-order valence-corrected chi connectivity index (χ3v) is 10.4. The van der Waals surface area contributed by atoms with Gasteiger partial charge in [0.15, 0.2) is 17.7 Å². The molecule has 1 saturated heterocycles. The molecule has 0 N–H and O–H groups in total. The van der Waals surface area contributed by atoms with E-state index in [9.17, 15) is 18.8 Å². The molecule has 0 radical (unpaired) electrons. The van der Waals surface area contributed by atoms with Crippen LogP contribution in [-0.4, -0.2) is 65.0 Å². The first kappa shape index (κ1) is 37.3. The van der Waals surface area contributed by atoms with E-state index in [1.165, 1.54) is 14.7 Å². The summed E-state index contributed by atoms with van der Waals surface area (Å²) < 4.78 is 34.6. The predicted octanol–water partition coefficient (Wildman–Crippen LogP) is 7.34. The van der Waals surface area contributed by atoms with Crippen molar-refractivity contribution in [1.29, 1.82) is 0 Å². The standard InChI is InChI=1S/C43H47FN4O6/c1-46(2)28-30-13-17-31(18-14-30)32-8-7-9-35(25-32)47-41-37(26-33(44)27-45-41)42(50)48(43(47)51)34-19-15-29(16-20-34)24-38(49)36-10-3-4-11-39(36)52-22-23-54-40-12-5-6-21-53-40/h3-4,7-11,13-14,17-18,25-27,29,34,40H,5-6,12,15-16,19-24,28H2,1-2H3. The van der Waals surface area contributed by atoms with Crippen molar-refractivity contribution in [2.24, 2.45) is 5.92 Å². The minimum atomic E-state index is -0.653. The van der Waals surface area contributed by atoms with E-state index in [-0.39, 0.29) is 29.0 Å². The summed E-state index contributed by atoms with van der Waals surface area (Å²) in [6.45, 7) is 2.20. The fourth-order valence-electron chi connectivity index (χ4n) is 7.71. The number of halogens is 1. The smallest absolute Gasteiger partial charge is 0.337 e. The third kappa shape index (κ3) is 8.54. The number of carbonyl (C=O) groups is 1. The van der Waals surface area contributed by atoms with Crippen molar-refractivity contribution >= 4 is 16.8 Å². The van der Waals surface area contributed by atoms with Gasteiger partial charge < -0.3 is 19.1 Å². The lowest BCUT2D eigenvalue weighted by atomic mass is 9.82. The maximum Gasteiger partial charge on any atom is 0.337 e. The Morgan fingerprint density at radius 3 is 2.46 bits per heavy atom. The van der Waals surface area contributed by atoms with Crippen LogP contribution in [0.4, 0.5) is 4.39 Å². The zero-order chi connectivity index (χ0) is 37.6. The van der Waals surface area contributed by atoms with Gasteiger partial charge >= 0.3 is 5.69 Å². The Balaban J connectivity index is 1.07. The number of para-hydroxylation sites is 1. The van der Waals surface area contributed by atoms with Crippen LogP contribution in [0.25, 0.3) is 27.8 Å². The minimum Gasteiger partial charge on any atom is -0.490 e. The Morgan fingerprint density at radius 2 is 1.70 bits per heavy atom. The SMILES string of the molecule is CN(C)Cc1ccc(-c2cccc(-n3c(=O)n(C4CCC(CC(=O)c5ccccc5OCCOC5CCCCO5)CC4)c(=O)c4cc(F)cnc43)c2)cc1. The monoisotopic (exact) mass is 734 g/mol. The molecule has 3 heterocycles. The number of nitrogens with zero attached hydrogens (tertiary/aromatic N) is 4. The summed E-state index contributed by atoms with van der Waals surface area (Å²) in [5, 5.41) is 0.0404. The summed E-state index contributed by atoms with van der Waals surface area (Å²) >= 11 is 0. The number of fused-ring (bicyclic) bond motifs is 1. The number of ketones is 1. The quantitative estimate of drug-likeness (QED) is 0.0915. The fraction of sp³-hybridized carbons (Fsp3) is 0.395. The molecular formula is C43H47FN4O6. The molecule has 1 aliphatic carbocycles. The molecule has 10 nitrogen and oxygen atoms in total. The van der Waals surface area contributed by atoms with E-state index in [0.29, 0.717) is 68.9 Å². The van der Waals surface area contributed by atoms with Crippen molar-refractivity contribution in [3.05, 3.63) is 123 Å². The average molecular weight is 735 g/mol.